The Hall–Kier alpha value is -2.90. The van der Waals surface area contributed by atoms with Crippen LogP contribution in [0.25, 0.3) is 0 Å². The van der Waals surface area contributed by atoms with Crippen molar-refractivity contribution in [1.82, 2.24) is 14.8 Å². The fourth-order valence-electron chi connectivity index (χ4n) is 5.83. The van der Waals surface area contributed by atoms with E-state index < -0.39 is 0 Å². The van der Waals surface area contributed by atoms with E-state index in [2.05, 4.69) is 26.9 Å². The Morgan fingerprint density at radius 3 is 2.56 bits per heavy atom. The van der Waals surface area contributed by atoms with Crippen LogP contribution in [0, 0.1) is 31.6 Å². The van der Waals surface area contributed by atoms with Crippen LogP contribution in [0.2, 0.25) is 0 Å². The topological polar surface area (TPSA) is 72.8 Å². The maximum atomic E-state index is 13.4. The van der Waals surface area contributed by atoms with Crippen LogP contribution in [0.4, 0.5) is 0 Å². The number of hydrogen-bond donors (Lipinski definition) is 1. The number of rotatable bonds is 9. The lowest BCUT2D eigenvalue weighted by Crippen LogP contribution is -2.40. The lowest BCUT2D eigenvalue weighted by atomic mass is 9.93. The molecular weight excluding hydrogens is 454 g/mol. The molecule has 36 heavy (non-hydrogen) atoms. The van der Waals surface area contributed by atoms with Crippen LogP contribution in [-0.4, -0.2) is 54.8 Å². The summed E-state index contributed by atoms with van der Waals surface area (Å²) in [6, 6.07) is 9.42. The van der Waals surface area contributed by atoms with E-state index in [-0.39, 0.29) is 23.5 Å². The summed E-state index contributed by atoms with van der Waals surface area (Å²) in [5.41, 5.74) is 2.58. The molecule has 1 saturated carbocycles. The van der Waals surface area contributed by atoms with E-state index in [4.69, 9.17) is 9.47 Å². The monoisotopic (exact) mass is 491 g/mol. The molecule has 1 amide bonds. The molecule has 1 aromatic heterocycles. The molecule has 2 aliphatic carbocycles. The molecule has 2 heterocycles. The molecule has 0 spiro atoms. The van der Waals surface area contributed by atoms with Crippen molar-refractivity contribution in [3.05, 3.63) is 75.2 Å². The van der Waals surface area contributed by atoms with Crippen LogP contribution >= 0.6 is 0 Å². The summed E-state index contributed by atoms with van der Waals surface area (Å²) in [5, 5.41) is 3.10. The first kappa shape index (κ1) is 24.8. The van der Waals surface area contributed by atoms with E-state index >= 15 is 0 Å². The Balaban J connectivity index is 1.38. The average Bonchev–Trinajstić information content (AvgIpc) is 3.51. The molecule has 1 saturated heterocycles. The van der Waals surface area contributed by atoms with Gasteiger partial charge in [0, 0.05) is 44.5 Å². The van der Waals surface area contributed by atoms with Crippen molar-refractivity contribution in [1.29, 1.82) is 0 Å². The van der Waals surface area contributed by atoms with Gasteiger partial charge in [-0.2, -0.15) is 0 Å². The molecule has 2 fully saturated rings. The molecule has 1 N–H and O–H groups in total. The smallest absolute Gasteiger partial charge is 0.257 e. The second kappa shape index (κ2) is 11.0. The summed E-state index contributed by atoms with van der Waals surface area (Å²) >= 11 is 0. The molecule has 0 unspecified atom stereocenters. The second-order valence-electron chi connectivity index (χ2n) is 10.4. The predicted molar refractivity (Wildman–Crippen MR) is 139 cm³/mol. The van der Waals surface area contributed by atoms with Crippen molar-refractivity contribution < 1.29 is 14.3 Å². The summed E-state index contributed by atoms with van der Waals surface area (Å²) in [5.74, 6) is 2.06. The number of carbonyl (C=O) groups excluding carboxylic acids is 1. The van der Waals surface area contributed by atoms with Gasteiger partial charge < -0.3 is 19.4 Å². The van der Waals surface area contributed by atoms with Gasteiger partial charge in [-0.25, -0.2) is 0 Å². The highest BCUT2D eigenvalue weighted by molar-refractivity contribution is 5.95. The number of nitrogens with zero attached hydrogens (tertiary/aromatic N) is 2. The van der Waals surface area contributed by atoms with Crippen molar-refractivity contribution in [2.24, 2.45) is 17.8 Å². The van der Waals surface area contributed by atoms with E-state index in [9.17, 15) is 9.59 Å². The normalized spacial score (nSPS) is 23.2. The van der Waals surface area contributed by atoms with Crippen molar-refractivity contribution in [3.63, 3.8) is 0 Å². The van der Waals surface area contributed by atoms with Crippen LogP contribution in [0.3, 0.4) is 0 Å². The van der Waals surface area contributed by atoms with Gasteiger partial charge in [0.05, 0.1) is 18.9 Å². The van der Waals surface area contributed by atoms with Gasteiger partial charge >= 0.3 is 0 Å². The Morgan fingerprint density at radius 1 is 1.08 bits per heavy atom. The Bertz CT molecular complexity index is 1160. The number of allylic oxidation sites excluding steroid dienone is 2. The van der Waals surface area contributed by atoms with E-state index in [0.717, 1.165) is 56.3 Å². The molecule has 2 aromatic rings. The van der Waals surface area contributed by atoms with Crippen LogP contribution < -0.4 is 15.5 Å². The average molecular weight is 492 g/mol. The first-order chi connectivity index (χ1) is 17.5. The number of nitrogens with one attached hydrogen (secondary N) is 1. The largest absolute Gasteiger partial charge is 0.487 e. The van der Waals surface area contributed by atoms with Crippen molar-refractivity contribution in [2.75, 3.05) is 39.4 Å². The third-order valence-electron chi connectivity index (χ3n) is 7.93. The van der Waals surface area contributed by atoms with Gasteiger partial charge in [-0.15, -0.1) is 0 Å². The van der Waals surface area contributed by atoms with Gasteiger partial charge in [-0.3, -0.25) is 14.5 Å². The van der Waals surface area contributed by atoms with Gasteiger partial charge in [0.15, 0.2) is 5.43 Å². The van der Waals surface area contributed by atoms with Crippen molar-refractivity contribution >= 4 is 5.91 Å². The maximum Gasteiger partial charge on any atom is 0.257 e. The number of benzene rings is 1. The molecule has 192 valence electrons. The summed E-state index contributed by atoms with van der Waals surface area (Å²) in [7, 11) is 0. The molecule has 1 aliphatic heterocycles. The number of pyridine rings is 1. The van der Waals surface area contributed by atoms with Gasteiger partial charge in [-0.05, 0) is 56.6 Å². The van der Waals surface area contributed by atoms with Crippen LogP contribution in [0.1, 0.15) is 40.2 Å². The van der Waals surface area contributed by atoms with Crippen LogP contribution in [0.15, 0.2) is 47.3 Å². The number of aromatic nitrogens is 1. The minimum absolute atomic E-state index is 0.155. The number of aryl methyl sites for hydroxylation is 2. The summed E-state index contributed by atoms with van der Waals surface area (Å²) in [4.78, 5) is 29.0. The molecular formula is C29H37N3O4. The summed E-state index contributed by atoms with van der Waals surface area (Å²) < 4.78 is 13.7. The fourth-order valence-corrected chi connectivity index (χ4v) is 5.83. The zero-order valence-corrected chi connectivity index (χ0v) is 21.4. The molecule has 7 nitrogen and oxygen atoms in total. The standard InChI is InChI=1S/C29H37N3O4/c1-20-3-7-25(8-4-20)36-19-26-28(29(34)30-18-24-17-22-5-6-23(24)16-22)27(33)15-21(2)32(26)10-9-31-11-13-35-14-12-31/h3-8,15,22-24H,9-14,16-19H2,1-2H3,(H,30,34)/t22-,23+,24-/m0/s1. The molecule has 0 radical (unpaired) electrons. The minimum Gasteiger partial charge on any atom is -0.487 e. The Morgan fingerprint density at radius 2 is 1.86 bits per heavy atom. The molecule has 2 bridgehead atoms. The fraction of sp³-hybridized carbons (Fsp3) is 0.517. The van der Waals surface area contributed by atoms with Crippen molar-refractivity contribution in [3.8, 4) is 5.75 Å². The second-order valence-corrected chi connectivity index (χ2v) is 10.4. The number of hydrogen-bond acceptors (Lipinski definition) is 5. The minimum atomic E-state index is -0.297. The van der Waals surface area contributed by atoms with E-state index in [0.29, 0.717) is 36.5 Å². The van der Waals surface area contributed by atoms with Crippen LogP contribution in [0.5, 0.6) is 5.75 Å². The highest BCUT2D eigenvalue weighted by atomic mass is 16.5. The Labute approximate surface area is 213 Å². The molecule has 1 aromatic carbocycles. The third-order valence-corrected chi connectivity index (χ3v) is 7.93. The third kappa shape index (κ3) is 5.57. The number of carbonyl (C=O) groups is 1. The molecule has 7 heteroatoms. The Kier molecular flexibility index (Phi) is 7.58. The lowest BCUT2D eigenvalue weighted by Gasteiger charge is -2.28. The summed E-state index contributed by atoms with van der Waals surface area (Å²) in [6.07, 6.45) is 6.89. The first-order valence-electron chi connectivity index (χ1n) is 13.2. The first-order valence-corrected chi connectivity index (χ1v) is 13.2. The van der Waals surface area contributed by atoms with E-state index in [1.807, 2.05) is 38.1 Å². The zero-order chi connectivity index (χ0) is 25.1. The van der Waals surface area contributed by atoms with E-state index in [1.165, 1.54) is 6.42 Å². The zero-order valence-electron chi connectivity index (χ0n) is 21.4. The highest BCUT2D eigenvalue weighted by Crippen LogP contribution is 2.42. The van der Waals surface area contributed by atoms with Crippen LogP contribution in [-0.2, 0) is 17.9 Å². The van der Waals surface area contributed by atoms with Crippen molar-refractivity contribution in [2.45, 2.75) is 39.8 Å². The predicted octanol–water partition coefficient (Wildman–Crippen LogP) is 3.32. The van der Waals surface area contributed by atoms with Gasteiger partial charge in [-0.1, -0.05) is 29.8 Å². The SMILES string of the molecule is Cc1ccc(OCc2c(C(=O)NC[C@@H]3C[C@H]4C=C[C@@H]3C4)c(=O)cc(C)n2CCN2CCOCC2)cc1. The molecule has 3 atom stereocenters. The number of ether oxygens (including phenoxy) is 2. The maximum absolute atomic E-state index is 13.4. The number of morpholine rings is 1. The summed E-state index contributed by atoms with van der Waals surface area (Å²) in [6.45, 7) is 9.46. The van der Waals surface area contributed by atoms with E-state index in [1.54, 1.807) is 6.07 Å². The number of fused-ring (bicyclic) bond motifs is 2. The molecule has 5 rings (SSSR count). The molecule has 3 aliphatic rings. The lowest BCUT2D eigenvalue weighted by molar-refractivity contribution is 0.0361. The van der Waals surface area contributed by atoms with Gasteiger partial charge in [0.1, 0.15) is 17.9 Å². The van der Waals surface area contributed by atoms with Gasteiger partial charge in [0.25, 0.3) is 5.91 Å². The quantitative estimate of drug-likeness (QED) is 0.545. The number of amides is 1. The highest BCUT2D eigenvalue weighted by Gasteiger charge is 2.35. The van der Waals surface area contributed by atoms with Gasteiger partial charge in [0.2, 0.25) is 0 Å².